The molecule has 61 valence electrons. The Kier molecular flexibility index (Phi) is 26.1. The van der Waals surface area contributed by atoms with Crippen molar-refractivity contribution in [1.82, 2.24) is 0 Å². The third-order valence-corrected chi connectivity index (χ3v) is 0.626. The standard InChI is InChI=1S/C6H9.C3H6N.Y/c1-4-5-6(2)3;1-3-4-2;/h4-5H,2-3H2,1H3;1-2H3;/q2*-1;/b5-4-;;. The Labute approximate surface area is 95.6 Å². The molecule has 1 nitrogen and oxygen atoms in total. The number of rotatable bonds is 1. The third-order valence-electron chi connectivity index (χ3n) is 0.626. The van der Waals surface area contributed by atoms with Gasteiger partial charge in [0.2, 0.25) is 0 Å². The van der Waals surface area contributed by atoms with Crippen LogP contribution in [0.3, 0.4) is 0 Å². The molecule has 0 aliphatic carbocycles. The predicted octanol–water partition coefficient (Wildman–Crippen LogP) is 2.53. The molecule has 0 heterocycles. The van der Waals surface area contributed by atoms with Crippen LogP contribution in [0.2, 0.25) is 0 Å². The molecule has 0 aromatic heterocycles. The summed E-state index contributed by atoms with van der Waals surface area (Å²) in [4.78, 5) is 3.49. The summed E-state index contributed by atoms with van der Waals surface area (Å²) in [5.41, 5.74) is 0.859. The second kappa shape index (κ2) is 16.6. The van der Waals surface area contributed by atoms with E-state index in [1.54, 1.807) is 14.0 Å². The van der Waals surface area contributed by atoms with Crippen LogP contribution in [-0.2, 0) is 32.7 Å². The van der Waals surface area contributed by atoms with Crippen LogP contribution in [-0.4, -0.2) is 13.3 Å². The maximum atomic E-state index is 3.55. The van der Waals surface area contributed by atoms with E-state index in [0.29, 0.717) is 0 Å². The zero-order valence-corrected chi connectivity index (χ0v) is 10.4. The Morgan fingerprint density at radius 3 is 2.00 bits per heavy atom. The van der Waals surface area contributed by atoms with Gasteiger partial charge in [0, 0.05) is 32.7 Å². The average Bonchev–Trinajstić information content (AvgIpc) is 1.89. The number of hydrogen-bond acceptors (Lipinski definition) is 1. The first-order chi connectivity index (χ1) is 4.68. The van der Waals surface area contributed by atoms with E-state index < -0.39 is 0 Å². The van der Waals surface area contributed by atoms with Gasteiger partial charge in [-0.1, -0.05) is 6.92 Å². The maximum absolute atomic E-state index is 3.55. The molecule has 0 amide bonds. The van der Waals surface area contributed by atoms with Gasteiger partial charge in [-0.05, 0) is 7.05 Å². The van der Waals surface area contributed by atoms with Gasteiger partial charge in [-0.2, -0.15) is 26.5 Å². The molecule has 0 saturated heterocycles. The minimum absolute atomic E-state index is 0. The number of hydrogen-bond donors (Lipinski definition) is 0. The van der Waals surface area contributed by atoms with E-state index >= 15 is 0 Å². The quantitative estimate of drug-likeness (QED) is 0.370. The second-order valence-corrected chi connectivity index (χ2v) is 1.61. The number of nitrogens with zero attached hydrogens (tertiary/aromatic N) is 1. The van der Waals surface area contributed by atoms with Gasteiger partial charge in [0.1, 0.15) is 0 Å². The van der Waals surface area contributed by atoms with E-state index in [2.05, 4.69) is 24.7 Å². The Bertz CT molecular complexity index is 122. The van der Waals surface area contributed by atoms with Crippen LogP contribution in [0.5, 0.6) is 0 Å². The molecule has 0 bridgehead atoms. The van der Waals surface area contributed by atoms with Crippen LogP contribution >= 0.6 is 0 Å². The SMILES string of the molecule is C=C([CH2-])/C=C\C.C[C-]=NC.[Y]. The van der Waals surface area contributed by atoms with Crippen LogP contribution in [0, 0.1) is 6.92 Å². The molecule has 0 aliphatic heterocycles. The zero-order valence-electron chi connectivity index (χ0n) is 7.59. The summed E-state index contributed by atoms with van der Waals surface area (Å²) in [5, 5.41) is 0. The Balaban J connectivity index is -0.000000114. The van der Waals surface area contributed by atoms with Crippen LogP contribution in [0.1, 0.15) is 13.8 Å². The van der Waals surface area contributed by atoms with Crippen molar-refractivity contribution in [2.75, 3.05) is 7.05 Å². The van der Waals surface area contributed by atoms with Crippen molar-refractivity contribution < 1.29 is 32.7 Å². The predicted molar refractivity (Wildman–Crippen MR) is 48.3 cm³/mol. The molecule has 0 atom stereocenters. The summed E-state index contributed by atoms with van der Waals surface area (Å²) in [6, 6.07) is 0. The topological polar surface area (TPSA) is 12.4 Å². The summed E-state index contributed by atoms with van der Waals surface area (Å²) in [7, 11) is 1.69. The maximum Gasteiger partial charge on any atom is 0 e. The molecule has 0 fully saturated rings. The fourth-order valence-corrected chi connectivity index (χ4v) is 0.236. The van der Waals surface area contributed by atoms with Crippen LogP contribution in [0.25, 0.3) is 0 Å². The molecule has 0 N–H and O–H groups in total. The Hall–Kier alpha value is 0.124. The van der Waals surface area contributed by atoms with Crippen molar-refractivity contribution in [2.45, 2.75) is 13.8 Å². The van der Waals surface area contributed by atoms with Crippen molar-refractivity contribution in [3.8, 4) is 0 Å². The van der Waals surface area contributed by atoms with Crippen molar-refractivity contribution >= 4 is 6.21 Å². The van der Waals surface area contributed by atoms with Crippen molar-refractivity contribution in [2.24, 2.45) is 4.99 Å². The molecule has 0 spiro atoms. The van der Waals surface area contributed by atoms with Gasteiger partial charge in [-0.25, -0.2) is 5.57 Å². The first kappa shape index (κ1) is 17.3. The number of allylic oxidation sites excluding steroid dienone is 3. The van der Waals surface area contributed by atoms with Gasteiger partial charge in [0.05, 0.1) is 0 Å². The molecule has 0 aromatic rings. The first-order valence-corrected chi connectivity index (χ1v) is 3.08. The molecule has 0 unspecified atom stereocenters. The second-order valence-electron chi connectivity index (χ2n) is 1.61. The van der Waals surface area contributed by atoms with E-state index in [9.17, 15) is 0 Å². The Morgan fingerprint density at radius 2 is 2.00 bits per heavy atom. The molecule has 11 heavy (non-hydrogen) atoms. The van der Waals surface area contributed by atoms with Gasteiger partial charge in [-0.15, -0.1) is 6.08 Å². The zero-order chi connectivity index (χ0) is 8.41. The molecule has 0 aromatic carbocycles. The molecule has 2 heteroatoms. The third kappa shape index (κ3) is 39.3. The number of aliphatic imine (C=N–C) groups is 1. The Morgan fingerprint density at radius 1 is 1.64 bits per heavy atom. The normalized spacial score (nSPS) is 8.64. The largest absolute Gasteiger partial charge is 0.506 e. The fraction of sp³-hybridized carbons (Fsp3) is 0.333. The van der Waals surface area contributed by atoms with Gasteiger partial charge < -0.3 is 11.2 Å². The van der Waals surface area contributed by atoms with E-state index in [1.165, 1.54) is 0 Å². The molecular formula is C9H15NY-2. The van der Waals surface area contributed by atoms with Crippen LogP contribution < -0.4 is 0 Å². The summed E-state index contributed by atoms with van der Waals surface area (Å²) in [6.45, 7) is 10.8. The molecule has 0 aliphatic rings. The van der Waals surface area contributed by atoms with Crippen molar-refractivity contribution in [3.05, 3.63) is 31.2 Å². The van der Waals surface area contributed by atoms with E-state index in [-0.39, 0.29) is 32.7 Å². The smallest absolute Gasteiger partial charge is 0 e. The molecule has 0 saturated carbocycles. The molecular weight excluding hydrogens is 211 g/mol. The summed E-state index contributed by atoms with van der Waals surface area (Å²) >= 11 is 0. The van der Waals surface area contributed by atoms with E-state index in [1.807, 2.05) is 19.1 Å². The minimum atomic E-state index is 0. The van der Waals surface area contributed by atoms with Crippen molar-refractivity contribution in [1.29, 1.82) is 0 Å². The molecule has 1 radical (unpaired) electrons. The average molecular weight is 226 g/mol. The van der Waals surface area contributed by atoms with Crippen molar-refractivity contribution in [3.63, 3.8) is 0 Å². The van der Waals surface area contributed by atoms with E-state index in [4.69, 9.17) is 0 Å². The van der Waals surface area contributed by atoms with Gasteiger partial charge in [-0.3, -0.25) is 0 Å². The monoisotopic (exact) mass is 226 g/mol. The van der Waals surface area contributed by atoms with Crippen LogP contribution in [0.15, 0.2) is 29.3 Å². The van der Waals surface area contributed by atoms with E-state index in [0.717, 1.165) is 5.57 Å². The first-order valence-electron chi connectivity index (χ1n) is 3.08. The minimum Gasteiger partial charge on any atom is -0.506 e. The summed E-state index contributed by atoms with van der Waals surface area (Å²) < 4.78 is 0. The van der Waals surface area contributed by atoms with Crippen LogP contribution in [0.4, 0.5) is 0 Å². The summed E-state index contributed by atoms with van der Waals surface area (Å²) in [5.74, 6) is 0. The van der Waals surface area contributed by atoms with Gasteiger partial charge in [0.15, 0.2) is 0 Å². The van der Waals surface area contributed by atoms with Gasteiger partial charge in [0.25, 0.3) is 0 Å². The van der Waals surface area contributed by atoms with Gasteiger partial charge >= 0.3 is 0 Å². The summed E-state index contributed by atoms with van der Waals surface area (Å²) in [6.07, 6.45) is 6.33. The fourth-order valence-electron chi connectivity index (χ4n) is 0.236. The molecule has 0 rings (SSSR count).